The first-order valence-corrected chi connectivity index (χ1v) is 8.06. The van der Waals surface area contributed by atoms with Gasteiger partial charge in [0.1, 0.15) is 5.82 Å². The molecule has 110 valence electrons. The van der Waals surface area contributed by atoms with E-state index < -0.39 is 0 Å². The van der Waals surface area contributed by atoms with Crippen LogP contribution in [-0.2, 0) is 6.42 Å². The molecule has 0 bridgehead atoms. The van der Waals surface area contributed by atoms with E-state index in [0.29, 0.717) is 17.3 Å². The maximum absolute atomic E-state index is 12.5. The molecule has 2 aromatic heterocycles. The lowest BCUT2D eigenvalue weighted by atomic mass is 9.94. The molecule has 3 heterocycles. The number of amides is 1. The summed E-state index contributed by atoms with van der Waals surface area (Å²) in [4.78, 5) is 27.0. The van der Waals surface area contributed by atoms with Crippen molar-refractivity contribution in [1.29, 1.82) is 0 Å². The van der Waals surface area contributed by atoms with E-state index in [1.165, 1.54) is 0 Å². The highest BCUT2D eigenvalue weighted by Crippen LogP contribution is 2.22. The van der Waals surface area contributed by atoms with E-state index >= 15 is 0 Å². The zero-order chi connectivity index (χ0) is 14.7. The van der Waals surface area contributed by atoms with E-state index in [9.17, 15) is 4.79 Å². The molecule has 1 aliphatic heterocycles. The van der Waals surface area contributed by atoms with Crippen molar-refractivity contribution in [2.24, 2.45) is 5.92 Å². The van der Waals surface area contributed by atoms with Gasteiger partial charge in [-0.25, -0.2) is 15.0 Å². The molecule has 1 aliphatic rings. The maximum atomic E-state index is 12.5. The van der Waals surface area contributed by atoms with Gasteiger partial charge in [-0.15, -0.1) is 11.3 Å². The Morgan fingerprint density at radius 3 is 2.90 bits per heavy atom. The predicted molar refractivity (Wildman–Crippen MR) is 81.2 cm³/mol. The molecule has 1 fully saturated rings. The SMILES string of the molecule is Cc1ncc(C(=O)N2CCCC(Cc3nccs3)C2)cn1. The molecule has 1 amide bonds. The van der Waals surface area contributed by atoms with Gasteiger partial charge in [0.25, 0.3) is 5.91 Å². The van der Waals surface area contributed by atoms with Crippen LogP contribution in [0.25, 0.3) is 0 Å². The Balaban J connectivity index is 1.65. The highest BCUT2D eigenvalue weighted by Gasteiger charge is 2.25. The van der Waals surface area contributed by atoms with Crippen LogP contribution in [0.5, 0.6) is 0 Å². The van der Waals surface area contributed by atoms with Gasteiger partial charge in [0, 0.05) is 43.5 Å². The monoisotopic (exact) mass is 302 g/mol. The normalized spacial score (nSPS) is 18.7. The molecule has 0 N–H and O–H groups in total. The second-order valence-corrected chi connectivity index (χ2v) is 6.39. The number of hydrogen-bond acceptors (Lipinski definition) is 5. The molecule has 6 heteroatoms. The van der Waals surface area contributed by atoms with Crippen LogP contribution in [0.15, 0.2) is 24.0 Å². The topological polar surface area (TPSA) is 59.0 Å². The van der Waals surface area contributed by atoms with Crippen LogP contribution in [0.4, 0.5) is 0 Å². The molecule has 1 unspecified atom stereocenters. The number of thiazole rings is 1. The highest BCUT2D eigenvalue weighted by atomic mass is 32.1. The van der Waals surface area contributed by atoms with E-state index in [4.69, 9.17) is 0 Å². The van der Waals surface area contributed by atoms with Crippen LogP contribution < -0.4 is 0 Å². The molecule has 0 radical (unpaired) electrons. The van der Waals surface area contributed by atoms with E-state index in [2.05, 4.69) is 15.0 Å². The van der Waals surface area contributed by atoms with E-state index in [-0.39, 0.29) is 5.91 Å². The van der Waals surface area contributed by atoms with Crippen LogP contribution in [0.2, 0.25) is 0 Å². The molecule has 0 aliphatic carbocycles. The van der Waals surface area contributed by atoms with Gasteiger partial charge >= 0.3 is 0 Å². The number of aryl methyl sites for hydroxylation is 1. The summed E-state index contributed by atoms with van der Waals surface area (Å²) in [5, 5.41) is 3.16. The molecular weight excluding hydrogens is 284 g/mol. The minimum absolute atomic E-state index is 0.0406. The number of likely N-dealkylation sites (tertiary alicyclic amines) is 1. The van der Waals surface area contributed by atoms with E-state index in [1.54, 1.807) is 23.7 Å². The van der Waals surface area contributed by atoms with Crippen molar-refractivity contribution in [2.45, 2.75) is 26.2 Å². The van der Waals surface area contributed by atoms with E-state index in [0.717, 1.165) is 37.4 Å². The summed E-state index contributed by atoms with van der Waals surface area (Å²) in [5.41, 5.74) is 0.579. The third kappa shape index (κ3) is 3.44. The zero-order valence-corrected chi connectivity index (χ0v) is 12.8. The smallest absolute Gasteiger partial charge is 0.256 e. The lowest BCUT2D eigenvalue weighted by molar-refractivity contribution is 0.0672. The molecule has 0 saturated carbocycles. The Bertz CT molecular complexity index is 597. The first-order chi connectivity index (χ1) is 10.2. The predicted octanol–water partition coefficient (Wildman–Crippen LogP) is 2.34. The van der Waals surface area contributed by atoms with Crippen molar-refractivity contribution in [2.75, 3.05) is 13.1 Å². The Morgan fingerprint density at radius 2 is 2.19 bits per heavy atom. The average molecular weight is 302 g/mol. The van der Waals surface area contributed by atoms with Gasteiger partial charge in [0.2, 0.25) is 0 Å². The minimum Gasteiger partial charge on any atom is -0.338 e. The quantitative estimate of drug-likeness (QED) is 0.873. The van der Waals surface area contributed by atoms with E-state index in [1.807, 2.05) is 23.4 Å². The van der Waals surface area contributed by atoms with Gasteiger partial charge in [-0.05, 0) is 25.7 Å². The summed E-state index contributed by atoms with van der Waals surface area (Å²) in [6.07, 6.45) is 8.26. The number of hydrogen-bond donors (Lipinski definition) is 0. The van der Waals surface area contributed by atoms with Crippen LogP contribution in [0, 0.1) is 12.8 Å². The maximum Gasteiger partial charge on any atom is 0.256 e. The van der Waals surface area contributed by atoms with Crippen molar-refractivity contribution in [3.8, 4) is 0 Å². The van der Waals surface area contributed by atoms with Crippen molar-refractivity contribution >= 4 is 17.2 Å². The summed E-state index contributed by atoms with van der Waals surface area (Å²) in [7, 11) is 0. The number of aromatic nitrogens is 3. The van der Waals surface area contributed by atoms with Crippen molar-refractivity contribution in [3.05, 3.63) is 40.4 Å². The number of carbonyl (C=O) groups excluding carboxylic acids is 1. The lowest BCUT2D eigenvalue weighted by Crippen LogP contribution is -2.40. The summed E-state index contributed by atoms with van der Waals surface area (Å²) in [6.45, 7) is 3.44. The highest BCUT2D eigenvalue weighted by molar-refractivity contribution is 7.09. The summed E-state index contributed by atoms with van der Waals surface area (Å²) in [6, 6.07) is 0. The van der Waals surface area contributed by atoms with Gasteiger partial charge in [-0.3, -0.25) is 4.79 Å². The summed E-state index contributed by atoms with van der Waals surface area (Å²) in [5.74, 6) is 1.23. The molecule has 0 spiro atoms. The zero-order valence-electron chi connectivity index (χ0n) is 12.0. The first kappa shape index (κ1) is 14.1. The van der Waals surface area contributed by atoms with Crippen molar-refractivity contribution in [1.82, 2.24) is 19.9 Å². The third-order valence-corrected chi connectivity index (χ3v) is 4.58. The van der Waals surface area contributed by atoms with Crippen LogP contribution >= 0.6 is 11.3 Å². The largest absolute Gasteiger partial charge is 0.338 e. The fourth-order valence-electron chi connectivity index (χ4n) is 2.70. The van der Waals surface area contributed by atoms with Gasteiger partial charge < -0.3 is 4.90 Å². The number of piperidine rings is 1. The molecule has 5 nitrogen and oxygen atoms in total. The molecule has 1 atom stereocenters. The minimum atomic E-state index is 0.0406. The Kier molecular flexibility index (Phi) is 4.24. The molecule has 21 heavy (non-hydrogen) atoms. The Morgan fingerprint density at radius 1 is 1.38 bits per heavy atom. The number of nitrogens with zero attached hydrogens (tertiary/aromatic N) is 4. The first-order valence-electron chi connectivity index (χ1n) is 7.18. The lowest BCUT2D eigenvalue weighted by Gasteiger charge is -2.32. The second kappa shape index (κ2) is 6.30. The molecule has 3 rings (SSSR count). The average Bonchev–Trinajstić information content (AvgIpc) is 3.00. The summed E-state index contributed by atoms with van der Waals surface area (Å²) >= 11 is 1.69. The molecule has 2 aromatic rings. The Hall–Kier alpha value is -1.82. The number of rotatable bonds is 3. The molecule has 0 aromatic carbocycles. The molecule has 1 saturated heterocycles. The number of carbonyl (C=O) groups is 1. The van der Waals surface area contributed by atoms with Crippen molar-refractivity contribution < 1.29 is 4.79 Å². The third-order valence-electron chi connectivity index (χ3n) is 3.78. The molecular formula is C15H18N4OS. The van der Waals surface area contributed by atoms with Gasteiger partial charge in [-0.1, -0.05) is 0 Å². The standard InChI is InChI=1S/C15H18N4OS/c1-11-17-8-13(9-18-11)15(20)19-5-2-3-12(10-19)7-14-16-4-6-21-14/h4,6,8-9,12H,2-3,5,7,10H2,1H3. The Labute approximate surface area is 128 Å². The second-order valence-electron chi connectivity index (χ2n) is 5.41. The van der Waals surface area contributed by atoms with Crippen LogP contribution in [0.1, 0.15) is 34.0 Å². The van der Waals surface area contributed by atoms with Gasteiger partial charge in [0.15, 0.2) is 0 Å². The van der Waals surface area contributed by atoms with Crippen LogP contribution in [-0.4, -0.2) is 38.8 Å². The summed E-state index contributed by atoms with van der Waals surface area (Å²) < 4.78 is 0. The van der Waals surface area contributed by atoms with Crippen molar-refractivity contribution in [3.63, 3.8) is 0 Å². The fraction of sp³-hybridized carbons (Fsp3) is 0.467. The van der Waals surface area contributed by atoms with Gasteiger partial charge in [-0.2, -0.15) is 0 Å². The van der Waals surface area contributed by atoms with Crippen LogP contribution in [0.3, 0.4) is 0 Å². The fourth-order valence-corrected chi connectivity index (χ4v) is 3.43. The van der Waals surface area contributed by atoms with Gasteiger partial charge in [0.05, 0.1) is 10.6 Å².